The van der Waals surface area contributed by atoms with Crippen LogP contribution in [-0.2, 0) is 0 Å². The van der Waals surface area contributed by atoms with E-state index in [-0.39, 0.29) is 12.8 Å². The van der Waals surface area contributed by atoms with Gasteiger partial charge < -0.3 is 0 Å². The van der Waals surface area contributed by atoms with Crippen LogP contribution in [0.15, 0.2) is 0 Å². The average molecular weight is 149 g/mol. The first-order chi connectivity index (χ1) is 4.55. The van der Waals surface area contributed by atoms with Crippen LogP contribution in [0.5, 0.6) is 0 Å². The lowest BCUT2D eigenvalue weighted by molar-refractivity contribution is -0.150. The fraction of sp³-hybridized carbons (Fsp3) is 0.833. The van der Waals surface area contributed by atoms with Crippen molar-refractivity contribution < 1.29 is 13.2 Å². The maximum atomic E-state index is 11.7. The molecule has 10 heavy (non-hydrogen) atoms. The molecule has 0 aromatic rings. The first kappa shape index (κ1) is 7.39. The molecule has 1 fully saturated rings. The Morgan fingerprint density at radius 1 is 1.50 bits per heavy atom. The molecule has 0 radical (unpaired) electrons. The highest BCUT2D eigenvalue weighted by molar-refractivity contribution is 4.96. The van der Waals surface area contributed by atoms with Crippen LogP contribution in [0.25, 0.3) is 0 Å². The van der Waals surface area contributed by atoms with Gasteiger partial charge in [-0.1, -0.05) is 0 Å². The minimum atomic E-state index is -4.07. The summed E-state index contributed by atoms with van der Waals surface area (Å²) in [6.45, 7) is 0. The summed E-state index contributed by atoms with van der Waals surface area (Å²) in [5.41, 5.74) is 0. The molecule has 1 rings (SSSR count). The smallest absolute Gasteiger partial charge is 0.198 e. The van der Waals surface area contributed by atoms with Crippen LogP contribution in [-0.4, -0.2) is 6.18 Å². The van der Waals surface area contributed by atoms with E-state index in [1.165, 1.54) is 0 Å². The fourth-order valence-electron chi connectivity index (χ4n) is 0.991. The monoisotopic (exact) mass is 149 g/mol. The largest absolute Gasteiger partial charge is 0.392 e. The van der Waals surface area contributed by atoms with E-state index in [9.17, 15) is 13.2 Å². The second kappa shape index (κ2) is 2.15. The lowest BCUT2D eigenvalue weighted by atomic mass is 10.2. The molecule has 2 atom stereocenters. The quantitative estimate of drug-likeness (QED) is 0.560. The summed E-state index contributed by atoms with van der Waals surface area (Å²) in [5.74, 6) is -1.60. The molecule has 0 aliphatic heterocycles. The van der Waals surface area contributed by atoms with Gasteiger partial charge in [0.25, 0.3) is 0 Å². The van der Waals surface area contributed by atoms with Crippen molar-refractivity contribution in [2.45, 2.75) is 19.0 Å². The van der Waals surface area contributed by atoms with Gasteiger partial charge in [-0.15, -0.1) is 0 Å². The first-order valence-electron chi connectivity index (χ1n) is 2.99. The Kier molecular flexibility index (Phi) is 1.59. The Labute approximate surface area is 56.4 Å². The highest BCUT2D eigenvalue weighted by Crippen LogP contribution is 2.51. The van der Waals surface area contributed by atoms with Gasteiger partial charge in [0.05, 0.1) is 12.0 Å². The van der Waals surface area contributed by atoms with Crippen LogP contribution < -0.4 is 0 Å². The molecule has 1 aliphatic rings. The number of alkyl halides is 3. The second-order valence-corrected chi connectivity index (χ2v) is 2.51. The van der Waals surface area contributed by atoms with Gasteiger partial charge in [-0.25, -0.2) is 0 Å². The molecular weight excluding hydrogens is 143 g/mol. The lowest BCUT2D eigenvalue weighted by Gasteiger charge is -2.01. The highest BCUT2D eigenvalue weighted by atomic mass is 19.4. The van der Waals surface area contributed by atoms with Crippen LogP contribution in [0, 0.1) is 23.2 Å². The number of hydrogen-bond donors (Lipinski definition) is 0. The van der Waals surface area contributed by atoms with Crippen molar-refractivity contribution in [3.05, 3.63) is 0 Å². The van der Waals surface area contributed by atoms with Crippen molar-refractivity contribution in [2.24, 2.45) is 11.8 Å². The van der Waals surface area contributed by atoms with Gasteiger partial charge in [-0.05, 0) is 12.3 Å². The maximum absolute atomic E-state index is 11.7. The summed E-state index contributed by atoms with van der Waals surface area (Å²) in [5, 5.41) is 8.04. The van der Waals surface area contributed by atoms with Crippen molar-refractivity contribution >= 4 is 0 Å². The Hall–Kier alpha value is -0.720. The van der Waals surface area contributed by atoms with Crippen LogP contribution in [0.1, 0.15) is 12.8 Å². The third kappa shape index (κ3) is 1.41. The molecule has 1 nitrogen and oxygen atoms in total. The Balaban J connectivity index is 2.33. The normalized spacial score (nSPS) is 31.4. The second-order valence-electron chi connectivity index (χ2n) is 2.51. The summed E-state index contributed by atoms with van der Waals surface area (Å²) >= 11 is 0. The van der Waals surface area contributed by atoms with Gasteiger partial charge in [0.2, 0.25) is 0 Å². The van der Waals surface area contributed by atoms with Gasteiger partial charge in [-0.2, -0.15) is 18.4 Å². The summed E-state index contributed by atoms with van der Waals surface area (Å²) < 4.78 is 35.1. The van der Waals surface area contributed by atoms with Crippen molar-refractivity contribution in [1.82, 2.24) is 0 Å². The maximum Gasteiger partial charge on any atom is 0.392 e. The van der Waals surface area contributed by atoms with Crippen LogP contribution >= 0.6 is 0 Å². The summed E-state index contributed by atoms with van der Waals surface area (Å²) in [7, 11) is 0. The number of rotatable bonds is 1. The van der Waals surface area contributed by atoms with E-state index in [0.717, 1.165) is 0 Å². The van der Waals surface area contributed by atoms with Gasteiger partial charge in [0.15, 0.2) is 0 Å². The molecule has 1 aliphatic carbocycles. The van der Waals surface area contributed by atoms with E-state index in [1.54, 1.807) is 6.07 Å². The molecule has 4 heteroatoms. The Bertz CT molecular complexity index is 167. The summed E-state index contributed by atoms with van der Waals surface area (Å²) in [4.78, 5) is 0. The first-order valence-corrected chi connectivity index (χ1v) is 2.99. The van der Waals surface area contributed by atoms with E-state index in [2.05, 4.69) is 0 Å². The predicted octanol–water partition coefficient (Wildman–Crippen LogP) is 2.10. The van der Waals surface area contributed by atoms with Crippen molar-refractivity contribution in [3.8, 4) is 6.07 Å². The molecule has 0 saturated heterocycles. The van der Waals surface area contributed by atoms with E-state index in [4.69, 9.17) is 5.26 Å². The molecule has 56 valence electrons. The van der Waals surface area contributed by atoms with Gasteiger partial charge >= 0.3 is 6.18 Å². The van der Waals surface area contributed by atoms with Crippen LogP contribution in [0.4, 0.5) is 13.2 Å². The number of halogens is 3. The van der Waals surface area contributed by atoms with Crippen molar-refractivity contribution in [1.29, 1.82) is 5.26 Å². The summed E-state index contributed by atoms with van der Waals surface area (Å²) in [6, 6.07) is 1.73. The molecular formula is C6H6F3N. The van der Waals surface area contributed by atoms with Crippen LogP contribution in [0.3, 0.4) is 0 Å². The fourth-order valence-corrected chi connectivity index (χ4v) is 0.991. The topological polar surface area (TPSA) is 23.8 Å². The SMILES string of the molecule is N#CCC1CC1C(F)(F)F. The highest BCUT2D eigenvalue weighted by Gasteiger charge is 2.55. The standard InChI is InChI=1S/C6H6F3N/c7-6(8,9)5-3-4(5)1-2-10/h4-5H,1,3H2. The molecule has 0 amide bonds. The minimum absolute atomic E-state index is 0.0458. The average Bonchev–Trinajstić information content (AvgIpc) is 2.44. The van der Waals surface area contributed by atoms with Gasteiger partial charge in [0, 0.05) is 6.42 Å². The number of hydrogen-bond acceptors (Lipinski definition) is 1. The van der Waals surface area contributed by atoms with Gasteiger partial charge in [0.1, 0.15) is 0 Å². The molecule has 0 N–H and O–H groups in total. The van der Waals surface area contributed by atoms with Crippen LogP contribution in [0.2, 0.25) is 0 Å². The van der Waals surface area contributed by atoms with Gasteiger partial charge in [-0.3, -0.25) is 0 Å². The van der Waals surface area contributed by atoms with E-state index in [1.807, 2.05) is 0 Å². The van der Waals surface area contributed by atoms with Crippen molar-refractivity contribution in [2.75, 3.05) is 0 Å². The van der Waals surface area contributed by atoms with Crippen molar-refractivity contribution in [3.63, 3.8) is 0 Å². The zero-order valence-electron chi connectivity index (χ0n) is 5.15. The molecule has 0 aromatic carbocycles. The molecule has 0 spiro atoms. The Morgan fingerprint density at radius 2 is 2.10 bits per heavy atom. The lowest BCUT2D eigenvalue weighted by Crippen LogP contribution is -2.11. The predicted molar refractivity (Wildman–Crippen MR) is 27.9 cm³/mol. The molecule has 0 bridgehead atoms. The third-order valence-electron chi connectivity index (χ3n) is 1.70. The number of nitrogens with zero attached hydrogens (tertiary/aromatic N) is 1. The molecule has 0 aromatic heterocycles. The number of nitriles is 1. The zero-order chi connectivity index (χ0) is 7.78. The third-order valence-corrected chi connectivity index (χ3v) is 1.70. The summed E-state index contributed by atoms with van der Waals surface area (Å²) in [6.07, 6.45) is -3.87. The molecule has 0 heterocycles. The Morgan fingerprint density at radius 3 is 2.40 bits per heavy atom. The molecule has 2 unspecified atom stereocenters. The molecule has 1 saturated carbocycles. The van der Waals surface area contributed by atoms with E-state index in [0.29, 0.717) is 0 Å². The van der Waals surface area contributed by atoms with E-state index >= 15 is 0 Å². The minimum Gasteiger partial charge on any atom is -0.198 e. The van der Waals surface area contributed by atoms with E-state index < -0.39 is 18.0 Å². The zero-order valence-corrected chi connectivity index (χ0v) is 5.15.